The Kier molecular flexibility index (Phi) is 5.62. The molecule has 0 radical (unpaired) electrons. The molecule has 2 rings (SSSR count). The highest BCUT2D eigenvalue weighted by atomic mass is 16.5. The number of nitrogens with two attached hydrogens (primary N) is 1. The molecule has 2 heteroatoms. The number of benzene rings is 1. The number of rotatable bonds is 7. The Morgan fingerprint density at radius 3 is 2.45 bits per heavy atom. The van der Waals surface area contributed by atoms with E-state index in [-0.39, 0.29) is 6.04 Å². The number of hydrogen-bond donors (Lipinski definition) is 1. The monoisotopic (exact) mass is 275 g/mol. The normalized spacial score (nSPS) is 23.4. The van der Waals surface area contributed by atoms with Crippen LogP contribution in [-0.4, -0.2) is 12.7 Å². The molecule has 20 heavy (non-hydrogen) atoms. The molecule has 2 nitrogen and oxygen atoms in total. The van der Waals surface area contributed by atoms with E-state index in [0.717, 1.165) is 31.8 Å². The zero-order valence-corrected chi connectivity index (χ0v) is 13.2. The highest BCUT2D eigenvalue weighted by molar-refractivity contribution is 5.33. The van der Waals surface area contributed by atoms with Crippen molar-refractivity contribution in [2.45, 2.75) is 65.0 Å². The van der Waals surface area contributed by atoms with Crippen molar-refractivity contribution in [3.05, 3.63) is 34.9 Å². The smallest absolute Gasteiger partial charge is 0.0580 e. The van der Waals surface area contributed by atoms with E-state index < -0.39 is 0 Å². The van der Waals surface area contributed by atoms with Gasteiger partial charge in [0, 0.05) is 12.6 Å². The van der Waals surface area contributed by atoms with Crippen molar-refractivity contribution >= 4 is 0 Å². The summed E-state index contributed by atoms with van der Waals surface area (Å²) in [5.41, 5.74) is 10.6. The minimum absolute atomic E-state index is 0.179. The first-order chi connectivity index (χ1) is 9.67. The zero-order valence-electron chi connectivity index (χ0n) is 13.2. The fraction of sp³-hybridized carbons (Fsp3) is 0.667. The molecule has 1 fully saturated rings. The molecule has 1 aromatic rings. The van der Waals surface area contributed by atoms with Gasteiger partial charge in [0.2, 0.25) is 0 Å². The molecular weight excluding hydrogens is 246 g/mol. The van der Waals surface area contributed by atoms with Crippen molar-refractivity contribution in [2.75, 3.05) is 6.61 Å². The van der Waals surface area contributed by atoms with E-state index in [1.807, 2.05) is 0 Å². The van der Waals surface area contributed by atoms with Gasteiger partial charge in [-0.25, -0.2) is 0 Å². The molecule has 0 aliphatic heterocycles. The van der Waals surface area contributed by atoms with Gasteiger partial charge in [-0.1, -0.05) is 32.0 Å². The summed E-state index contributed by atoms with van der Waals surface area (Å²) in [6.07, 6.45) is 6.17. The number of aryl methyl sites for hydroxylation is 2. The van der Waals surface area contributed by atoms with Crippen molar-refractivity contribution in [3.8, 4) is 0 Å². The van der Waals surface area contributed by atoms with Crippen molar-refractivity contribution in [1.82, 2.24) is 0 Å². The van der Waals surface area contributed by atoms with E-state index >= 15 is 0 Å². The van der Waals surface area contributed by atoms with Gasteiger partial charge in [-0.2, -0.15) is 0 Å². The lowest BCUT2D eigenvalue weighted by atomic mass is 9.77. The minimum atomic E-state index is 0.179. The summed E-state index contributed by atoms with van der Waals surface area (Å²) < 4.78 is 5.62. The standard InChI is InChI=1S/C18H29NO/c1-4-14-7-8-16(12-15(14)5-2)18(19)11-13-9-17(10-13)20-6-3/h7-8,12-13,17-18H,4-6,9-11,19H2,1-3H3. The van der Waals surface area contributed by atoms with Crippen LogP contribution in [0.3, 0.4) is 0 Å². The predicted molar refractivity (Wildman–Crippen MR) is 84.9 cm³/mol. The van der Waals surface area contributed by atoms with Crippen molar-refractivity contribution in [2.24, 2.45) is 11.7 Å². The lowest BCUT2D eigenvalue weighted by Gasteiger charge is -2.36. The van der Waals surface area contributed by atoms with Gasteiger partial charge in [0.1, 0.15) is 0 Å². The summed E-state index contributed by atoms with van der Waals surface area (Å²) >= 11 is 0. The maximum absolute atomic E-state index is 6.40. The van der Waals surface area contributed by atoms with E-state index in [1.165, 1.54) is 29.5 Å². The molecule has 1 atom stereocenters. The van der Waals surface area contributed by atoms with Crippen LogP contribution in [0.2, 0.25) is 0 Å². The topological polar surface area (TPSA) is 35.2 Å². The van der Waals surface area contributed by atoms with Crippen molar-refractivity contribution < 1.29 is 4.74 Å². The first-order valence-corrected chi connectivity index (χ1v) is 8.16. The van der Waals surface area contributed by atoms with Crippen LogP contribution in [-0.2, 0) is 17.6 Å². The van der Waals surface area contributed by atoms with Gasteiger partial charge >= 0.3 is 0 Å². The van der Waals surface area contributed by atoms with Gasteiger partial charge in [0.25, 0.3) is 0 Å². The molecule has 1 saturated carbocycles. The lowest BCUT2D eigenvalue weighted by Crippen LogP contribution is -2.33. The predicted octanol–water partition coefficient (Wildman–Crippen LogP) is 4.02. The summed E-state index contributed by atoms with van der Waals surface area (Å²) in [4.78, 5) is 0. The van der Waals surface area contributed by atoms with Crippen LogP contribution in [0.1, 0.15) is 62.8 Å². The Morgan fingerprint density at radius 1 is 1.15 bits per heavy atom. The second-order valence-corrected chi connectivity index (χ2v) is 5.99. The van der Waals surface area contributed by atoms with E-state index in [1.54, 1.807) is 0 Å². The fourth-order valence-corrected chi connectivity index (χ4v) is 3.28. The Hall–Kier alpha value is -0.860. The fourth-order valence-electron chi connectivity index (χ4n) is 3.28. The Bertz CT molecular complexity index is 423. The second kappa shape index (κ2) is 7.24. The average Bonchev–Trinajstić information content (AvgIpc) is 2.44. The molecule has 0 spiro atoms. The van der Waals surface area contributed by atoms with E-state index in [2.05, 4.69) is 39.0 Å². The van der Waals surface area contributed by atoms with Crippen LogP contribution < -0.4 is 5.73 Å². The van der Waals surface area contributed by atoms with Gasteiger partial charge < -0.3 is 10.5 Å². The van der Waals surface area contributed by atoms with E-state index in [0.29, 0.717) is 6.10 Å². The quantitative estimate of drug-likeness (QED) is 0.816. The maximum atomic E-state index is 6.40. The molecule has 0 bridgehead atoms. The van der Waals surface area contributed by atoms with Crippen molar-refractivity contribution in [3.63, 3.8) is 0 Å². The molecule has 112 valence electrons. The van der Waals surface area contributed by atoms with Gasteiger partial charge in [-0.3, -0.25) is 0 Å². The molecule has 0 saturated heterocycles. The summed E-state index contributed by atoms with van der Waals surface area (Å²) in [7, 11) is 0. The third kappa shape index (κ3) is 3.62. The molecule has 2 N–H and O–H groups in total. The highest BCUT2D eigenvalue weighted by Crippen LogP contribution is 2.36. The molecule has 1 aliphatic carbocycles. The van der Waals surface area contributed by atoms with Crippen LogP contribution in [0.4, 0.5) is 0 Å². The largest absolute Gasteiger partial charge is 0.378 e. The average molecular weight is 275 g/mol. The van der Waals surface area contributed by atoms with Gasteiger partial charge in [0.15, 0.2) is 0 Å². The summed E-state index contributed by atoms with van der Waals surface area (Å²) in [6.45, 7) is 7.35. The van der Waals surface area contributed by atoms with Crippen LogP contribution in [0.15, 0.2) is 18.2 Å². The van der Waals surface area contributed by atoms with E-state index in [9.17, 15) is 0 Å². The van der Waals surface area contributed by atoms with Gasteiger partial charge in [-0.15, -0.1) is 0 Å². The SMILES string of the molecule is CCOC1CC(CC(N)c2ccc(CC)c(CC)c2)C1. The van der Waals surface area contributed by atoms with Gasteiger partial charge in [-0.05, 0) is 61.6 Å². The summed E-state index contributed by atoms with van der Waals surface area (Å²) in [5.74, 6) is 0.748. The number of ether oxygens (including phenoxy) is 1. The van der Waals surface area contributed by atoms with Gasteiger partial charge in [0.05, 0.1) is 6.10 Å². The third-order valence-electron chi connectivity index (χ3n) is 4.60. The molecule has 0 aromatic heterocycles. The molecule has 1 aliphatic rings. The highest BCUT2D eigenvalue weighted by Gasteiger charge is 2.30. The second-order valence-electron chi connectivity index (χ2n) is 5.99. The first-order valence-electron chi connectivity index (χ1n) is 8.16. The lowest BCUT2D eigenvalue weighted by molar-refractivity contribution is -0.0282. The van der Waals surface area contributed by atoms with Crippen LogP contribution >= 0.6 is 0 Å². The van der Waals surface area contributed by atoms with Crippen LogP contribution in [0.25, 0.3) is 0 Å². The Labute approximate surface area is 123 Å². The van der Waals surface area contributed by atoms with Crippen LogP contribution in [0, 0.1) is 5.92 Å². The Balaban J connectivity index is 1.91. The molecule has 0 amide bonds. The molecule has 1 aromatic carbocycles. The van der Waals surface area contributed by atoms with E-state index in [4.69, 9.17) is 10.5 Å². The zero-order chi connectivity index (χ0) is 14.5. The maximum Gasteiger partial charge on any atom is 0.0580 e. The third-order valence-corrected chi connectivity index (χ3v) is 4.60. The molecular formula is C18H29NO. The van der Waals surface area contributed by atoms with Crippen molar-refractivity contribution in [1.29, 1.82) is 0 Å². The number of hydrogen-bond acceptors (Lipinski definition) is 2. The summed E-state index contributed by atoms with van der Waals surface area (Å²) in [5, 5.41) is 0. The Morgan fingerprint density at radius 2 is 1.85 bits per heavy atom. The minimum Gasteiger partial charge on any atom is -0.378 e. The first kappa shape index (κ1) is 15.5. The summed E-state index contributed by atoms with van der Waals surface area (Å²) in [6, 6.07) is 6.99. The van der Waals surface area contributed by atoms with Crippen LogP contribution in [0.5, 0.6) is 0 Å². The molecule has 1 unspecified atom stereocenters. The molecule has 0 heterocycles.